The first kappa shape index (κ1) is 21.4. The smallest absolute Gasteiger partial charge is 0.191 e. The fourth-order valence-electron chi connectivity index (χ4n) is 2.10. The van der Waals surface area contributed by atoms with E-state index in [1.807, 2.05) is 6.92 Å². The van der Waals surface area contributed by atoms with E-state index in [0.29, 0.717) is 26.4 Å². The number of methoxy groups -OCH3 is 1. The first-order chi connectivity index (χ1) is 12.3. The minimum Gasteiger partial charge on any atom is -0.382 e. The number of ether oxygens (including phenoxy) is 3. The van der Waals surface area contributed by atoms with Crippen LogP contribution in [-0.4, -0.2) is 52.6 Å². The lowest BCUT2D eigenvalue weighted by atomic mass is 10.1. The number of nitrogens with one attached hydrogen (secondary N) is 2. The van der Waals surface area contributed by atoms with E-state index in [1.165, 1.54) is 11.1 Å². The van der Waals surface area contributed by atoms with Gasteiger partial charge in [-0.05, 0) is 31.4 Å². The molecule has 0 atom stereocenters. The van der Waals surface area contributed by atoms with E-state index < -0.39 is 0 Å². The van der Waals surface area contributed by atoms with Crippen molar-refractivity contribution >= 4 is 5.96 Å². The zero-order chi connectivity index (χ0) is 18.2. The van der Waals surface area contributed by atoms with Crippen molar-refractivity contribution in [3.8, 4) is 0 Å². The van der Waals surface area contributed by atoms with E-state index >= 15 is 0 Å². The molecular weight excluding hydrogens is 318 g/mol. The van der Waals surface area contributed by atoms with E-state index in [9.17, 15) is 0 Å². The topological polar surface area (TPSA) is 64.1 Å². The molecule has 1 aromatic carbocycles. The third-order valence-electron chi connectivity index (χ3n) is 3.45. The molecule has 1 aromatic rings. The van der Waals surface area contributed by atoms with Gasteiger partial charge in [0.05, 0.1) is 26.4 Å². The number of aliphatic imine (C=N–C) groups is 1. The van der Waals surface area contributed by atoms with Crippen LogP contribution in [0, 0.1) is 0 Å². The Balaban J connectivity index is 2.33. The number of rotatable bonds is 13. The molecule has 0 fully saturated rings. The highest BCUT2D eigenvalue weighted by atomic mass is 16.5. The first-order valence-electron chi connectivity index (χ1n) is 9.04. The van der Waals surface area contributed by atoms with Crippen LogP contribution in [0.4, 0.5) is 0 Å². The molecule has 0 amide bonds. The lowest BCUT2D eigenvalue weighted by Gasteiger charge is -2.11. The van der Waals surface area contributed by atoms with Gasteiger partial charge in [-0.25, -0.2) is 4.99 Å². The second-order valence-electron chi connectivity index (χ2n) is 5.53. The van der Waals surface area contributed by atoms with Gasteiger partial charge in [0.15, 0.2) is 5.96 Å². The number of benzene rings is 1. The van der Waals surface area contributed by atoms with Crippen molar-refractivity contribution in [3.63, 3.8) is 0 Å². The minimum atomic E-state index is 0.640. The van der Waals surface area contributed by atoms with Gasteiger partial charge >= 0.3 is 0 Å². The number of hydrogen-bond acceptors (Lipinski definition) is 4. The van der Waals surface area contributed by atoms with Crippen LogP contribution in [0.15, 0.2) is 29.3 Å². The van der Waals surface area contributed by atoms with Gasteiger partial charge in [0.25, 0.3) is 0 Å². The molecule has 0 spiro atoms. The summed E-state index contributed by atoms with van der Waals surface area (Å²) in [4.78, 5) is 4.63. The van der Waals surface area contributed by atoms with Crippen LogP contribution < -0.4 is 10.6 Å². The van der Waals surface area contributed by atoms with Crippen molar-refractivity contribution in [3.05, 3.63) is 35.4 Å². The average Bonchev–Trinajstić information content (AvgIpc) is 2.64. The van der Waals surface area contributed by atoms with Crippen LogP contribution in [0.2, 0.25) is 0 Å². The van der Waals surface area contributed by atoms with Crippen molar-refractivity contribution in [2.24, 2.45) is 4.99 Å². The van der Waals surface area contributed by atoms with E-state index in [2.05, 4.69) is 46.8 Å². The van der Waals surface area contributed by atoms with Crippen molar-refractivity contribution in [1.82, 2.24) is 10.6 Å². The Morgan fingerprint density at radius 3 is 2.40 bits per heavy atom. The first-order valence-corrected chi connectivity index (χ1v) is 9.04. The van der Waals surface area contributed by atoms with Gasteiger partial charge < -0.3 is 24.8 Å². The Labute approximate surface area is 152 Å². The van der Waals surface area contributed by atoms with E-state index in [1.54, 1.807) is 7.11 Å². The largest absolute Gasteiger partial charge is 0.382 e. The monoisotopic (exact) mass is 351 g/mol. The average molecular weight is 351 g/mol. The molecule has 1 rings (SSSR count). The summed E-state index contributed by atoms with van der Waals surface area (Å²) in [6, 6.07) is 8.40. The van der Waals surface area contributed by atoms with Gasteiger partial charge in [-0.3, -0.25) is 0 Å². The Bertz CT molecular complexity index is 463. The SMILES string of the molecule is CCNC(=NCc1ccc(COCC)cc1)NCCCOCCOC. The zero-order valence-corrected chi connectivity index (χ0v) is 15.8. The Morgan fingerprint density at radius 2 is 1.72 bits per heavy atom. The number of guanidine groups is 1. The lowest BCUT2D eigenvalue weighted by Crippen LogP contribution is -2.38. The quantitative estimate of drug-likeness (QED) is 0.324. The Morgan fingerprint density at radius 1 is 0.960 bits per heavy atom. The van der Waals surface area contributed by atoms with E-state index in [-0.39, 0.29) is 0 Å². The molecule has 0 aliphatic carbocycles. The molecule has 0 aliphatic rings. The molecule has 0 aliphatic heterocycles. The molecular formula is C19H33N3O3. The summed E-state index contributed by atoms with van der Waals surface area (Å²) in [6.07, 6.45) is 0.931. The fraction of sp³-hybridized carbons (Fsp3) is 0.632. The zero-order valence-electron chi connectivity index (χ0n) is 15.8. The molecule has 0 heterocycles. The maximum absolute atomic E-state index is 5.45. The molecule has 6 heteroatoms. The maximum atomic E-state index is 5.45. The van der Waals surface area contributed by atoms with Gasteiger partial charge in [0.2, 0.25) is 0 Å². The summed E-state index contributed by atoms with van der Waals surface area (Å²) >= 11 is 0. The van der Waals surface area contributed by atoms with Gasteiger partial charge in [0, 0.05) is 33.4 Å². The third kappa shape index (κ3) is 10.8. The van der Waals surface area contributed by atoms with E-state index in [4.69, 9.17) is 14.2 Å². The maximum Gasteiger partial charge on any atom is 0.191 e. The summed E-state index contributed by atoms with van der Waals surface area (Å²) in [6.45, 7) is 9.78. The predicted molar refractivity (Wildman–Crippen MR) is 102 cm³/mol. The molecule has 0 bridgehead atoms. The molecule has 25 heavy (non-hydrogen) atoms. The van der Waals surface area contributed by atoms with Crippen LogP contribution in [-0.2, 0) is 27.4 Å². The highest BCUT2D eigenvalue weighted by Gasteiger charge is 1.99. The van der Waals surface area contributed by atoms with Crippen LogP contribution >= 0.6 is 0 Å². The molecule has 6 nitrogen and oxygen atoms in total. The molecule has 142 valence electrons. The molecule has 0 aromatic heterocycles. The predicted octanol–water partition coefficient (Wildman–Crippen LogP) is 2.33. The van der Waals surface area contributed by atoms with Gasteiger partial charge in [-0.15, -0.1) is 0 Å². The fourth-order valence-corrected chi connectivity index (χ4v) is 2.10. The van der Waals surface area contributed by atoms with Crippen LogP contribution in [0.3, 0.4) is 0 Å². The molecule has 0 radical (unpaired) electrons. The number of nitrogens with zero attached hydrogens (tertiary/aromatic N) is 1. The van der Waals surface area contributed by atoms with Crippen LogP contribution in [0.25, 0.3) is 0 Å². The molecule has 0 unspecified atom stereocenters. The standard InChI is InChI=1S/C19H33N3O3/c1-4-20-19(21-11-6-12-25-14-13-23-3)22-15-17-7-9-18(10-8-17)16-24-5-2/h7-10H,4-6,11-16H2,1-3H3,(H2,20,21,22). The minimum absolute atomic E-state index is 0.640. The molecule has 0 saturated heterocycles. The van der Waals surface area contributed by atoms with Crippen molar-refractivity contribution in [2.45, 2.75) is 33.4 Å². The highest BCUT2D eigenvalue weighted by Crippen LogP contribution is 2.07. The normalized spacial score (nSPS) is 11.6. The van der Waals surface area contributed by atoms with E-state index in [0.717, 1.165) is 38.7 Å². The summed E-state index contributed by atoms with van der Waals surface area (Å²) in [5.41, 5.74) is 2.37. The van der Waals surface area contributed by atoms with Crippen molar-refractivity contribution < 1.29 is 14.2 Å². The lowest BCUT2D eigenvalue weighted by molar-refractivity contribution is 0.0698. The second-order valence-corrected chi connectivity index (χ2v) is 5.53. The summed E-state index contributed by atoms with van der Waals surface area (Å²) in [5, 5.41) is 6.59. The Kier molecular flexibility index (Phi) is 12.6. The van der Waals surface area contributed by atoms with Crippen LogP contribution in [0.5, 0.6) is 0 Å². The summed E-state index contributed by atoms with van der Waals surface area (Å²) in [7, 11) is 1.68. The highest BCUT2D eigenvalue weighted by molar-refractivity contribution is 5.79. The summed E-state index contributed by atoms with van der Waals surface area (Å²) in [5.74, 6) is 0.831. The van der Waals surface area contributed by atoms with Crippen molar-refractivity contribution in [2.75, 3.05) is 46.6 Å². The van der Waals surface area contributed by atoms with Gasteiger partial charge in [-0.1, -0.05) is 24.3 Å². The third-order valence-corrected chi connectivity index (χ3v) is 3.45. The Hall–Kier alpha value is -1.63. The number of hydrogen-bond donors (Lipinski definition) is 2. The molecule has 2 N–H and O–H groups in total. The van der Waals surface area contributed by atoms with Crippen molar-refractivity contribution in [1.29, 1.82) is 0 Å². The summed E-state index contributed by atoms with van der Waals surface area (Å²) < 4.78 is 15.8. The van der Waals surface area contributed by atoms with Gasteiger partial charge in [-0.2, -0.15) is 0 Å². The van der Waals surface area contributed by atoms with Gasteiger partial charge in [0.1, 0.15) is 0 Å². The molecule has 0 saturated carbocycles. The second kappa shape index (κ2) is 14.7. The van der Waals surface area contributed by atoms with Crippen LogP contribution in [0.1, 0.15) is 31.4 Å².